The zero-order valence-corrected chi connectivity index (χ0v) is 11.3. The van der Waals surface area contributed by atoms with Gasteiger partial charge in [-0.3, -0.25) is 9.36 Å². The summed E-state index contributed by atoms with van der Waals surface area (Å²) in [5.74, 6) is 0. The Morgan fingerprint density at radius 2 is 2.22 bits per heavy atom. The standard InChI is InChI=1S/C12H16N2O3S/c1-8(2)17-6-3-5-14-11(15)10-9(4-7-18-10)13-12(14)16/h4,7-8H,3,5-6H2,1-2H3,(H,13,16). The van der Waals surface area contributed by atoms with Gasteiger partial charge in [0.1, 0.15) is 4.70 Å². The second kappa shape index (κ2) is 5.49. The van der Waals surface area contributed by atoms with Crippen LogP contribution in [0, 0.1) is 0 Å². The van der Waals surface area contributed by atoms with Crippen molar-refractivity contribution in [2.75, 3.05) is 6.61 Å². The van der Waals surface area contributed by atoms with E-state index in [1.165, 1.54) is 15.9 Å². The lowest BCUT2D eigenvalue weighted by Crippen LogP contribution is -2.34. The molecule has 0 saturated carbocycles. The zero-order chi connectivity index (χ0) is 13.1. The highest BCUT2D eigenvalue weighted by molar-refractivity contribution is 7.17. The maximum atomic E-state index is 12.1. The van der Waals surface area contributed by atoms with Crippen LogP contribution >= 0.6 is 11.3 Å². The molecule has 2 aromatic rings. The molecule has 2 aromatic heterocycles. The molecule has 1 N–H and O–H groups in total. The van der Waals surface area contributed by atoms with Gasteiger partial charge in [0.05, 0.1) is 11.6 Å². The van der Waals surface area contributed by atoms with Gasteiger partial charge in [-0.25, -0.2) is 4.79 Å². The molecule has 0 fully saturated rings. The van der Waals surface area contributed by atoms with Gasteiger partial charge in [0.25, 0.3) is 5.56 Å². The molecule has 0 aromatic carbocycles. The third-order valence-electron chi connectivity index (χ3n) is 2.57. The predicted molar refractivity (Wildman–Crippen MR) is 72.4 cm³/mol. The molecule has 0 atom stereocenters. The summed E-state index contributed by atoms with van der Waals surface area (Å²) >= 11 is 1.35. The highest BCUT2D eigenvalue weighted by atomic mass is 32.1. The lowest BCUT2D eigenvalue weighted by molar-refractivity contribution is 0.0745. The number of hydrogen-bond donors (Lipinski definition) is 1. The van der Waals surface area contributed by atoms with Crippen molar-refractivity contribution in [3.63, 3.8) is 0 Å². The Morgan fingerprint density at radius 1 is 1.44 bits per heavy atom. The Kier molecular flexibility index (Phi) is 3.98. The van der Waals surface area contributed by atoms with E-state index in [1.54, 1.807) is 11.4 Å². The van der Waals surface area contributed by atoms with Crippen LogP contribution in [0.2, 0.25) is 0 Å². The molecule has 0 aliphatic carbocycles. The summed E-state index contributed by atoms with van der Waals surface area (Å²) in [6, 6.07) is 1.75. The largest absolute Gasteiger partial charge is 0.379 e. The Labute approximate surface area is 108 Å². The first kappa shape index (κ1) is 13.0. The molecule has 18 heavy (non-hydrogen) atoms. The molecule has 6 heteroatoms. The van der Waals surface area contributed by atoms with Crippen LogP contribution in [-0.4, -0.2) is 22.3 Å². The van der Waals surface area contributed by atoms with E-state index in [0.717, 1.165) is 0 Å². The van der Waals surface area contributed by atoms with Gasteiger partial charge in [0.2, 0.25) is 0 Å². The normalized spacial score (nSPS) is 11.5. The monoisotopic (exact) mass is 268 g/mol. The molecule has 0 spiro atoms. The van der Waals surface area contributed by atoms with Gasteiger partial charge < -0.3 is 9.72 Å². The number of aromatic amines is 1. The summed E-state index contributed by atoms with van der Waals surface area (Å²) < 4.78 is 7.23. The van der Waals surface area contributed by atoms with E-state index >= 15 is 0 Å². The molecule has 2 heterocycles. The van der Waals surface area contributed by atoms with Crippen molar-refractivity contribution in [2.45, 2.75) is 32.9 Å². The average Bonchev–Trinajstić information content (AvgIpc) is 2.75. The number of ether oxygens (including phenoxy) is 1. The quantitative estimate of drug-likeness (QED) is 0.837. The van der Waals surface area contributed by atoms with E-state index < -0.39 is 0 Å². The lowest BCUT2D eigenvalue weighted by atomic mass is 10.4. The minimum Gasteiger partial charge on any atom is -0.379 e. The Hall–Kier alpha value is -1.40. The maximum absolute atomic E-state index is 12.1. The smallest absolute Gasteiger partial charge is 0.328 e. The summed E-state index contributed by atoms with van der Waals surface area (Å²) in [6.07, 6.45) is 0.817. The van der Waals surface area contributed by atoms with E-state index in [2.05, 4.69) is 4.98 Å². The number of thiophene rings is 1. The fraction of sp³-hybridized carbons (Fsp3) is 0.500. The zero-order valence-electron chi connectivity index (χ0n) is 10.4. The molecule has 0 radical (unpaired) electrons. The van der Waals surface area contributed by atoms with E-state index in [0.29, 0.717) is 29.8 Å². The Balaban J connectivity index is 2.17. The van der Waals surface area contributed by atoms with Crippen molar-refractivity contribution in [1.82, 2.24) is 9.55 Å². The number of H-pyrrole nitrogens is 1. The molecule has 0 saturated heterocycles. The first-order valence-electron chi connectivity index (χ1n) is 5.91. The number of fused-ring (bicyclic) bond motifs is 1. The fourth-order valence-corrected chi connectivity index (χ4v) is 2.51. The second-order valence-electron chi connectivity index (χ2n) is 4.32. The fourth-order valence-electron chi connectivity index (χ4n) is 1.72. The van der Waals surface area contributed by atoms with Gasteiger partial charge >= 0.3 is 5.69 Å². The number of rotatable bonds is 5. The first-order chi connectivity index (χ1) is 8.59. The topological polar surface area (TPSA) is 64.1 Å². The molecule has 2 rings (SSSR count). The Bertz CT molecular complexity index is 639. The molecule has 0 bridgehead atoms. The van der Waals surface area contributed by atoms with Gasteiger partial charge in [-0.05, 0) is 31.7 Å². The van der Waals surface area contributed by atoms with Crippen LogP contribution < -0.4 is 11.2 Å². The van der Waals surface area contributed by atoms with Gasteiger partial charge in [0, 0.05) is 13.2 Å². The number of aromatic nitrogens is 2. The molecule has 98 valence electrons. The first-order valence-corrected chi connectivity index (χ1v) is 6.79. The molecule has 0 aliphatic heterocycles. The number of hydrogen-bond acceptors (Lipinski definition) is 4. The summed E-state index contributed by atoms with van der Waals surface area (Å²) in [5.41, 5.74) is 0.0495. The number of nitrogens with one attached hydrogen (secondary N) is 1. The van der Waals surface area contributed by atoms with Crippen molar-refractivity contribution < 1.29 is 4.74 Å². The molecule has 0 aliphatic rings. The van der Waals surface area contributed by atoms with Crippen molar-refractivity contribution in [3.8, 4) is 0 Å². The van der Waals surface area contributed by atoms with Crippen LogP contribution in [0.15, 0.2) is 21.0 Å². The minimum absolute atomic E-state index is 0.166. The number of nitrogens with zero attached hydrogens (tertiary/aromatic N) is 1. The Morgan fingerprint density at radius 3 is 2.94 bits per heavy atom. The van der Waals surface area contributed by atoms with Crippen LogP contribution in [0.5, 0.6) is 0 Å². The molecule has 0 amide bonds. The maximum Gasteiger partial charge on any atom is 0.328 e. The third-order valence-corrected chi connectivity index (χ3v) is 3.47. The SMILES string of the molecule is CC(C)OCCCn1c(=O)[nH]c2ccsc2c1=O. The van der Waals surface area contributed by atoms with E-state index in [-0.39, 0.29) is 17.4 Å². The summed E-state index contributed by atoms with van der Waals surface area (Å²) in [6.45, 7) is 4.84. The van der Waals surface area contributed by atoms with Crippen molar-refractivity contribution in [3.05, 3.63) is 32.3 Å². The van der Waals surface area contributed by atoms with Gasteiger partial charge in [0.15, 0.2) is 0 Å². The van der Waals surface area contributed by atoms with Crippen molar-refractivity contribution in [2.24, 2.45) is 0 Å². The molecule has 0 unspecified atom stereocenters. The highest BCUT2D eigenvalue weighted by Gasteiger charge is 2.08. The van der Waals surface area contributed by atoms with E-state index in [4.69, 9.17) is 4.74 Å². The predicted octanol–water partition coefficient (Wildman–Crippen LogP) is 1.57. The van der Waals surface area contributed by atoms with Crippen LogP contribution in [-0.2, 0) is 11.3 Å². The summed E-state index contributed by atoms with van der Waals surface area (Å²) in [4.78, 5) is 26.5. The molecular weight excluding hydrogens is 252 g/mol. The summed E-state index contributed by atoms with van der Waals surface area (Å²) in [5, 5.41) is 1.80. The molecule has 5 nitrogen and oxygen atoms in total. The van der Waals surface area contributed by atoms with Crippen LogP contribution in [0.1, 0.15) is 20.3 Å². The minimum atomic E-state index is -0.351. The van der Waals surface area contributed by atoms with Crippen molar-refractivity contribution >= 4 is 21.6 Å². The van der Waals surface area contributed by atoms with Crippen molar-refractivity contribution in [1.29, 1.82) is 0 Å². The van der Waals surface area contributed by atoms with Crippen LogP contribution in [0.4, 0.5) is 0 Å². The van der Waals surface area contributed by atoms with Gasteiger partial charge in [-0.2, -0.15) is 0 Å². The van der Waals surface area contributed by atoms with E-state index in [9.17, 15) is 9.59 Å². The second-order valence-corrected chi connectivity index (χ2v) is 5.24. The van der Waals surface area contributed by atoms with Crippen LogP contribution in [0.25, 0.3) is 10.2 Å². The summed E-state index contributed by atoms with van der Waals surface area (Å²) in [7, 11) is 0. The van der Waals surface area contributed by atoms with E-state index in [1.807, 2.05) is 13.8 Å². The lowest BCUT2D eigenvalue weighted by Gasteiger charge is -2.08. The molecular formula is C12H16N2O3S. The average molecular weight is 268 g/mol. The van der Waals surface area contributed by atoms with Gasteiger partial charge in [-0.1, -0.05) is 0 Å². The highest BCUT2D eigenvalue weighted by Crippen LogP contribution is 2.11. The van der Waals surface area contributed by atoms with Gasteiger partial charge in [-0.15, -0.1) is 11.3 Å². The van der Waals surface area contributed by atoms with Crippen LogP contribution in [0.3, 0.4) is 0 Å². The third kappa shape index (κ3) is 2.70.